The molecule has 3 aromatic heterocycles. The summed E-state index contributed by atoms with van der Waals surface area (Å²) in [5, 5.41) is 14.9. The van der Waals surface area contributed by atoms with Crippen molar-refractivity contribution < 1.29 is 19.1 Å². The first-order chi connectivity index (χ1) is 37.0. The molecule has 0 radical (unpaired) electrons. The number of hydrogen-bond acceptors (Lipinski definition) is 15. The molecule has 6 unspecified atom stereocenters. The molecule has 18 heteroatoms. The van der Waals surface area contributed by atoms with Crippen LogP contribution >= 0.6 is 49.9 Å². The number of aromatic nitrogens is 3. The van der Waals surface area contributed by atoms with Crippen LogP contribution in [-0.2, 0) is 9.47 Å². The lowest BCUT2D eigenvalue weighted by Crippen LogP contribution is -2.45. The number of nitrogens with zero attached hydrogens (tertiary/aromatic N) is 9. The number of nitrogens with one attached hydrogen (secondary N) is 1. The van der Waals surface area contributed by atoms with Crippen LogP contribution in [0, 0.1) is 47.0 Å². The molecule has 0 bridgehead atoms. The fourth-order valence-corrected chi connectivity index (χ4v) is 17.3. The second-order valence-electron chi connectivity index (χ2n) is 25.9. The smallest absolute Gasteiger partial charge is 0.410 e. The van der Waals surface area contributed by atoms with Gasteiger partial charge in [-0.2, -0.15) is 5.26 Å². The van der Waals surface area contributed by atoms with Crippen LogP contribution < -0.4 is 15.1 Å². The van der Waals surface area contributed by atoms with Crippen molar-refractivity contribution >= 4 is 72.4 Å². The second-order valence-corrected chi connectivity index (χ2v) is 30.3. The van der Waals surface area contributed by atoms with E-state index < -0.39 is 5.60 Å². The average Bonchev–Trinajstić information content (AvgIpc) is 4.31. The third-order valence-corrected chi connectivity index (χ3v) is 21.9. The van der Waals surface area contributed by atoms with E-state index >= 15 is 0 Å². The minimum Gasteiger partial charge on any atom is -0.444 e. The Labute approximate surface area is 481 Å². The van der Waals surface area contributed by atoms with Gasteiger partial charge in [-0.15, -0.1) is 34.0 Å². The summed E-state index contributed by atoms with van der Waals surface area (Å²) in [6.45, 7) is 23.2. The van der Waals surface area contributed by atoms with Crippen LogP contribution in [0.5, 0.6) is 0 Å². The summed E-state index contributed by atoms with van der Waals surface area (Å²) in [5.41, 5.74) is -0.812. The van der Waals surface area contributed by atoms with E-state index in [0.29, 0.717) is 23.7 Å². The van der Waals surface area contributed by atoms with Gasteiger partial charge >= 0.3 is 12.2 Å². The number of hydrogen-bond donors (Lipinski definition) is 1. The summed E-state index contributed by atoms with van der Waals surface area (Å²) in [6.07, 6.45) is 32.3. The molecule has 3 aromatic rings. The molecule has 0 spiro atoms. The summed E-state index contributed by atoms with van der Waals surface area (Å²) in [6, 6.07) is 0. The summed E-state index contributed by atoms with van der Waals surface area (Å²) in [4.78, 5) is 53.1. The van der Waals surface area contributed by atoms with Crippen LogP contribution in [0.3, 0.4) is 0 Å². The fourth-order valence-electron chi connectivity index (χ4n) is 13.6. The standard InChI is InChI=1S/C21H33N3O2S.C17H24N4S.C12H22N2O2.C9H12BrNS/c1-21(2,3)26-20(25)23-10-9-16-12-24(14-17(16)13-23)19-22-11-18(27-19)15-7-5-4-6-8-15;18-12-20-7-6-14-10-21(11-15(14)9-20)17-19-8-16(22-17)13-4-2-1-3-5-13;1-12(2,3)16-11(15)14-5-4-9-6-13-7-10(9)8-14;10-9-11-6-8(12-9)7-4-2-1-3-5-7/h11,15-17H,4-10,12-14H2,1-3H3;8,13-15H,1-7,9-11H2;9-10,13H,4-8H2,1-3H3;6-7H,1-5H2. The molecule has 2 amide bonds. The SMILES string of the molecule is Brc1ncc(C2CCCCC2)s1.CC(C)(C)OC(=O)N1CCC2CN(c3ncc(C4CCCCC4)s3)CC2C1.CC(C)(C)OC(=O)N1CCC2CNCC2C1.N#CN1CCC2CN(c3ncc(C4CCCCC4)s3)CC2C1. The third kappa shape index (κ3) is 16.5. The van der Waals surface area contributed by atoms with Gasteiger partial charge in [-0.1, -0.05) is 57.8 Å². The summed E-state index contributed by atoms with van der Waals surface area (Å²) >= 11 is 9.04. The highest BCUT2D eigenvalue weighted by Gasteiger charge is 2.42. The first-order valence-corrected chi connectivity index (χ1v) is 33.1. The van der Waals surface area contributed by atoms with Gasteiger partial charge in [0.2, 0.25) is 0 Å². The van der Waals surface area contributed by atoms with Crippen LogP contribution in [0.15, 0.2) is 22.5 Å². The number of halogens is 1. The van der Waals surface area contributed by atoms with Gasteiger partial charge in [-0.3, -0.25) is 0 Å². The number of carbonyl (C=O) groups excluding carboxylic acids is 2. The molecular formula is C59H91BrN10O4S3. The molecule has 3 saturated carbocycles. The number of ether oxygens (including phenoxy) is 2. The zero-order valence-corrected chi connectivity index (χ0v) is 51.4. The normalized spacial score (nSPS) is 27.2. The number of carbonyl (C=O) groups is 2. The maximum Gasteiger partial charge on any atom is 0.410 e. The van der Waals surface area contributed by atoms with Crippen LogP contribution in [0.1, 0.15) is 190 Å². The molecule has 0 aromatic carbocycles. The number of nitriles is 1. The van der Waals surface area contributed by atoms with E-state index in [2.05, 4.69) is 54.6 Å². The van der Waals surface area contributed by atoms with Crippen molar-refractivity contribution in [3.63, 3.8) is 0 Å². The number of fused-ring (bicyclic) bond motifs is 3. The highest BCUT2D eigenvalue weighted by atomic mass is 79.9. The number of amides is 2. The number of rotatable bonds is 5. The monoisotopic (exact) mass is 1180 g/mol. The van der Waals surface area contributed by atoms with Crippen molar-refractivity contribution in [2.24, 2.45) is 35.5 Å². The first-order valence-electron chi connectivity index (χ1n) is 29.9. The predicted octanol–water partition coefficient (Wildman–Crippen LogP) is 13.7. The van der Waals surface area contributed by atoms with Crippen LogP contribution in [0.2, 0.25) is 0 Å². The minimum atomic E-state index is -0.425. The molecule has 6 saturated heterocycles. The molecule has 9 fully saturated rings. The quantitative estimate of drug-likeness (QED) is 0.243. The fraction of sp³-hybridized carbons (Fsp3) is 0.797. The highest BCUT2D eigenvalue weighted by molar-refractivity contribution is 9.11. The van der Waals surface area contributed by atoms with Gasteiger partial charge in [0.05, 0.1) is 0 Å². The molecule has 3 aliphatic carbocycles. The van der Waals surface area contributed by atoms with Crippen molar-refractivity contribution in [1.29, 1.82) is 5.26 Å². The van der Waals surface area contributed by atoms with Crippen LogP contribution in [0.4, 0.5) is 19.9 Å². The Hall–Kier alpha value is -3.24. The van der Waals surface area contributed by atoms with Crippen LogP contribution in [-0.4, -0.2) is 132 Å². The molecule has 9 aliphatic rings. The minimum absolute atomic E-state index is 0.155. The van der Waals surface area contributed by atoms with Crippen molar-refractivity contribution in [3.8, 4) is 6.19 Å². The molecule has 14 nitrogen and oxygen atoms in total. The lowest BCUT2D eigenvalue weighted by atomic mass is 9.89. The Morgan fingerprint density at radius 1 is 0.532 bits per heavy atom. The Kier molecular flexibility index (Phi) is 20.5. The molecule has 6 atom stereocenters. The molecule has 77 heavy (non-hydrogen) atoms. The molecule has 1 N–H and O–H groups in total. The summed E-state index contributed by atoms with van der Waals surface area (Å²) in [5.74, 6) is 6.31. The van der Waals surface area contributed by atoms with Gasteiger partial charge < -0.3 is 39.3 Å². The molecule has 6 aliphatic heterocycles. The van der Waals surface area contributed by atoms with Gasteiger partial charge in [0.15, 0.2) is 20.4 Å². The van der Waals surface area contributed by atoms with Gasteiger partial charge in [-0.25, -0.2) is 24.5 Å². The van der Waals surface area contributed by atoms with Gasteiger partial charge in [-0.05, 0) is 182 Å². The van der Waals surface area contributed by atoms with Gasteiger partial charge in [0, 0.05) is 98.7 Å². The Morgan fingerprint density at radius 2 is 0.935 bits per heavy atom. The van der Waals surface area contributed by atoms with E-state index in [-0.39, 0.29) is 17.8 Å². The van der Waals surface area contributed by atoms with Crippen LogP contribution in [0.25, 0.3) is 0 Å². The lowest BCUT2D eigenvalue weighted by Gasteiger charge is -2.35. The second kappa shape index (κ2) is 27.0. The Bertz CT molecular complexity index is 2380. The molecular weight excluding hydrogens is 1090 g/mol. The third-order valence-electron chi connectivity index (χ3n) is 17.8. The average molecular weight is 1180 g/mol. The zero-order valence-electron chi connectivity index (χ0n) is 47.4. The van der Waals surface area contributed by atoms with E-state index in [4.69, 9.17) is 24.7 Å². The number of piperidine rings is 3. The number of thiazole rings is 3. The number of likely N-dealkylation sites (tertiary alicyclic amines) is 3. The van der Waals surface area contributed by atoms with Crippen molar-refractivity contribution in [2.45, 2.75) is 186 Å². The maximum atomic E-state index is 12.4. The first kappa shape index (κ1) is 58.4. The lowest BCUT2D eigenvalue weighted by molar-refractivity contribution is 0.0130. The van der Waals surface area contributed by atoms with Crippen molar-refractivity contribution in [3.05, 3.63) is 37.1 Å². The highest BCUT2D eigenvalue weighted by Crippen LogP contribution is 2.43. The summed E-state index contributed by atoms with van der Waals surface area (Å²) < 4.78 is 12.0. The molecule has 426 valence electrons. The van der Waals surface area contributed by atoms with E-state index in [0.717, 1.165) is 131 Å². The largest absolute Gasteiger partial charge is 0.444 e. The van der Waals surface area contributed by atoms with Gasteiger partial charge in [0.25, 0.3) is 0 Å². The van der Waals surface area contributed by atoms with Crippen molar-refractivity contribution in [1.82, 2.24) is 35.0 Å². The number of anilines is 2. The topological polar surface area (TPSA) is 143 Å². The van der Waals surface area contributed by atoms with Crippen molar-refractivity contribution in [2.75, 3.05) is 88.3 Å². The van der Waals surface area contributed by atoms with Gasteiger partial charge in [0.1, 0.15) is 11.2 Å². The summed E-state index contributed by atoms with van der Waals surface area (Å²) in [7, 11) is 0. The molecule has 9 heterocycles. The Morgan fingerprint density at radius 3 is 1.39 bits per heavy atom. The van der Waals surface area contributed by atoms with E-state index in [9.17, 15) is 9.59 Å². The predicted molar refractivity (Wildman–Crippen MR) is 316 cm³/mol. The molecule has 12 rings (SSSR count). The van der Waals surface area contributed by atoms with E-state index in [1.54, 1.807) is 11.3 Å². The zero-order chi connectivity index (χ0) is 54.1. The van der Waals surface area contributed by atoms with E-state index in [1.807, 2.05) is 85.1 Å². The Balaban J connectivity index is 0.000000130. The maximum absolute atomic E-state index is 12.4. The van der Waals surface area contributed by atoms with E-state index in [1.165, 1.54) is 121 Å².